The number of H-pyrrole nitrogens is 1. The number of aromatic nitrogens is 3. The largest absolute Gasteiger partial charge is 0.481 e. The number of benzene rings is 1. The van der Waals surface area contributed by atoms with E-state index in [2.05, 4.69) is 20.3 Å². The van der Waals surface area contributed by atoms with Crippen LogP contribution in [0.4, 0.5) is 5.69 Å². The number of carbonyl (C=O) groups excluding carboxylic acids is 1. The molecule has 2 N–H and O–H groups in total. The van der Waals surface area contributed by atoms with E-state index in [0.717, 1.165) is 21.8 Å². The van der Waals surface area contributed by atoms with Crippen molar-refractivity contribution in [3.05, 3.63) is 60.6 Å². The summed E-state index contributed by atoms with van der Waals surface area (Å²) in [6.45, 7) is 0. The van der Waals surface area contributed by atoms with E-state index < -0.39 is 0 Å². The number of carbonyl (C=O) groups is 1. The first-order chi connectivity index (χ1) is 11.7. The van der Waals surface area contributed by atoms with Crippen molar-refractivity contribution in [2.24, 2.45) is 0 Å². The van der Waals surface area contributed by atoms with E-state index in [4.69, 9.17) is 4.74 Å². The number of pyridine rings is 2. The summed E-state index contributed by atoms with van der Waals surface area (Å²) in [4.78, 5) is 24.0. The molecule has 0 radical (unpaired) electrons. The average molecular weight is 318 g/mol. The second kappa shape index (κ2) is 5.66. The maximum absolute atomic E-state index is 12.4. The zero-order chi connectivity index (χ0) is 16.5. The molecule has 3 heterocycles. The standard InChI is InChI=1S/C18H14N4O2/c1-24-17-5-3-12(9-20-17)21-18(23)11-2-4-13-14-10-19-7-6-15(14)22-16(13)8-11/h2-10,22H,1H3,(H,21,23). The van der Waals surface area contributed by atoms with Gasteiger partial charge in [0.25, 0.3) is 5.91 Å². The molecule has 0 saturated carbocycles. The molecule has 3 aromatic heterocycles. The van der Waals surface area contributed by atoms with E-state index in [1.807, 2.05) is 24.4 Å². The number of nitrogens with one attached hydrogen (secondary N) is 2. The molecule has 0 saturated heterocycles. The lowest BCUT2D eigenvalue weighted by Crippen LogP contribution is -2.11. The number of nitrogens with zero attached hydrogens (tertiary/aromatic N) is 2. The molecule has 4 aromatic rings. The summed E-state index contributed by atoms with van der Waals surface area (Å²) in [7, 11) is 1.55. The third kappa shape index (κ3) is 2.44. The van der Waals surface area contributed by atoms with Crippen molar-refractivity contribution in [2.45, 2.75) is 0 Å². The van der Waals surface area contributed by atoms with Crippen LogP contribution >= 0.6 is 0 Å². The van der Waals surface area contributed by atoms with Crippen LogP contribution in [0.25, 0.3) is 21.8 Å². The van der Waals surface area contributed by atoms with Crippen molar-refractivity contribution in [1.82, 2.24) is 15.0 Å². The van der Waals surface area contributed by atoms with Gasteiger partial charge in [-0.25, -0.2) is 4.98 Å². The number of methoxy groups -OCH3 is 1. The van der Waals surface area contributed by atoms with Crippen molar-refractivity contribution in [3.8, 4) is 5.88 Å². The molecule has 1 aromatic carbocycles. The quantitative estimate of drug-likeness (QED) is 0.607. The van der Waals surface area contributed by atoms with E-state index in [-0.39, 0.29) is 5.91 Å². The molecular weight excluding hydrogens is 304 g/mol. The Kier molecular flexibility index (Phi) is 3.35. The molecule has 0 aliphatic heterocycles. The van der Waals surface area contributed by atoms with E-state index >= 15 is 0 Å². The van der Waals surface area contributed by atoms with Gasteiger partial charge in [-0.3, -0.25) is 9.78 Å². The van der Waals surface area contributed by atoms with Gasteiger partial charge in [0.1, 0.15) is 0 Å². The van der Waals surface area contributed by atoms with Crippen LogP contribution in [0, 0.1) is 0 Å². The van der Waals surface area contributed by atoms with Crippen LogP contribution in [0.1, 0.15) is 10.4 Å². The first-order valence-electron chi connectivity index (χ1n) is 7.41. The number of fused-ring (bicyclic) bond motifs is 3. The fourth-order valence-electron chi connectivity index (χ4n) is 2.67. The van der Waals surface area contributed by atoms with Crippen molar-refractivity contribution in [2.75, 3.05) is 12.4 Å². The molecule has 4 rings (SSSR count). The minimum absolute atomic E-state index is 0.194. The summed E-state index contributed by atoms with van der Waals surface area (Å²) in [6, 6.07) is 10.9. The van der Waals surface area contributed by atoms with Crippen molar-refractivity contribution in [1.29, 1.82) is 0 Å². The number of rotatable bonds is 3. The van der Waals surface area contributed by atoms with Gasteiger partial charge in [-0.1, -0.05) is 6.07 Å². The highest BCUT2D eigenvalue weighted by Crippen LogP contribution is 2.25. The fourth-order valence-corrected chi connectivity index (χ4v) is 2.67. The van der Waals surface area contributed by atoms with Gasteiger partial charge in [-0.2, -0.15) is 0 Å². The Balaban J connectivity index is 1.65. The monoisotopic (exact) mass is 318 g/mol. The lowest BCUT2D eigenvalue weighted by molar-refractivity contribution is 0.102. The average Bonchev–Trinajstić information content (AvgIpc) is 3.00. The molecule has 0 atom stereocenters. The SMILES string of the molecule is COc1ccc(NC(=O)c2ccc3c(c2)[nH]c2ccncc23)cn1. The number of hydrogen-bond donors (Lipinski definition) is 2. The fraction of sp³-hybridized carbons (Fsp3) is 0.0556. The Morgan fingerprint density at radius 3 is 2.79 bits per heavy atom. The van der Waals surface area contributed by atoms with Crippen LogP contribution in [0.15, 0.2) is 55.0 Å². The molecule has 0 fully saturated rings. The van der Waals surface area contributed by atoms with Crippen LogP contribution in [-0.2, 0) is 0 Å². The first kappa shape index (κ1) is 14.2. The minimum atomic E-state index is -0.194. The molecule has 1 amide bonds. The van der Waals surface area contributed by atoms with E-state index in [1.165, 1.54) is 0 Å². The first-order valence-corrected chi connectivity index (χ1v) is 7.41. The normalized spacial score (nSPS) is 10.9. The lowest BCUT2D eigenvalue weighted by Gasteiger charge is -2.06. The van der Waals surface area contributed by atoms with Gasteiger partial charge in [-0.15, -0.1) is 0 Å². The van der Waals surface area contributed by atoms with Crippen molar-refractivity contribution >= 4 is 33.4 Å². The third-order valence-corrected chi connectivity index (χ3v) is 3.87. The van der Waals surface area contributed by atoms with Crippen molar-refractivity contribution < 1.29 is 9.53 Å². The highest BCUT2D eigenvalue weighted by atomic mass is 16.5. The third-order valence-electron chi connectivity index (χ3n) is 3.87. The number of hydrogen-bond acceptors (Lipinski definition) is 4. The Labute approximate surface area is 137 Å². The number of aromatic amines is 1. The predicted molar refractivity (Wildman–Crippen MR) is 92.3 cm³/mol. The molecule has 6 nitrogen and oxygen atoms in total. The van der Waals surface area contributed by atoms with E-state index in [0.29, 0.717) is 17.1 Å². The summed E-state index contributed by atoms with van der Waals surface area (Å²) in [5.74, 6) is 0.307. The zero-order valence-corrected chi connectivity index (χ0v) is 12.9. The highest BCUT2D eigenvalue weighted by Gasteiger charge is 2.10. The Hall–Kier alpha value is -3.41. The molecule has 118 valence electrons. The summed E-state index contributed by atoms with van der Waals surface area (Å²) >= 11 is 0. The van der Waals surface area contributed by atoms with Crippen LogP contribution in [0.2, 0.25) is 0 Å². The summed E-state index contributed by atoms with van der Waals surface area (Å²) < 4.78 is 5.00. The Morgan fingerprint density at radius 2 is 2.00 bits per heavy atom. The molecule has 0 aliphatic carbocycles. The molecule has 6 heteroatoms. The molecule has 0 spiro atoms. The van der Waals surface area contributed by atoms with Crippen molar-refractivity contribution in [3.63, 3.8) is 0 Å². The number of anilines is 1. The van der Waals surface area contributed by atoms with Crippen LogP contribution in [0.5, 0.6) is 5.88 Å². The highest BCUT2D eigenvalue weighted by molar-refractivity contribution is 6.11. The minimum Gasteiger partial charge on any atom is -0.481 e. The topological polar surface area (TPSA) is 79.9 Å². The van der Waals surface area contributed by atoms with Gasteiger partial charge in [0.15, 0.2) is 0 Å². The Bertz CT molecular complexity index is 1040. The van der Waals surface area contributed by atoms with E-state index in [1.54, 1.807) is 37.7 Å². The number of amides is 1. The van der Waals surface area contributed by atoms with Gasteiger partial charge in [0.05, 0.1) is 19.0 Å². The molecule has 0 aliphatic rings. The van der Waals surface area contributed by atoms with Gasteiger partial charge >= 0.3 is 0 Å². The van der Waals surface area contributed by atoms with Crippen LogP contribution in [-0.4, -0.2) is 28.0 Å². The number of ether oxygens (including phenoxy) is 1. The van der Waals surface area contributed by atoms with Gasteiger partial charge in [-0.05, 0) is 24.3 Å². The molecular formula is C18H14N4O2. The molecule has 0 unspecified atom stereocenters. The maximum atomic E-state index is 12.4. The maximum Gasteiger partial charge on any atom is 0.255 e. The summed E-state index contributed by atoms with van der Waals surface area (Å²) in [6.07, 6.45) is 5.11. The second-order valence-corrected chi connectivity index (χ2v) is 5.35. The summed E-state index contributed by atoms with van der Waals surface area (Å²) in [5, 5.41) is 4.91. The zero-order valence-electron chi connectivity index (χ0n) is 12.9. The summed E-state index contributed by atoms with van der Waals surface area (Å²) in [5.41, 5.74) is 3.08. The lowest BCUT2D eigenvalue weighted by atomic mass is 10.1. The smallest absolute Gasteiger partial charge is 0.255 e. The Morgan fingerprint density at radius 1 is 1.08 bits per heavy atom. The van der Waals surface area contributed by atoms with Crippen LogP contribution < -0.4 is 10.1 Å². The van der Waals surface area contributed by atoms with Gasteiger partial charge in [0.2, 0.25) is 5.88 Å². The predicted octanol–water partition coefficient (Wildman–Crippen LogP) is 3.37. The molecule has 24 heavy (non-hydrogen) atoms. The van der Waals surface area contributed by atoms with Crippen LogP contribution in [0.3, 0.4) is 0 Å². The van der Waals surface area contributed by atoms with Gasteiger partial charge in [0, 0.05) is 45.8 Å². The second-order valence-electron chi connectivity index (χ2n) is 5.35. The van der Waals surface area contributed by atoms with Gasteiger partial charge < -0.3 is 15.0 Å². The van der Waals surface area contributed by atoms with E-state index in [9.17, 15) is 4.79 Å². The molecule has 0 bridgehead atoms.